The molecule has 0 aliphatic carbocycles. The lowest BCUT2D eigenvalue weighted by Gasteiger charge is -2.09. The smallest absolute Gasteiger partial charge is 0.137 e. The van der Waals surface area contributed by atoms with Crippen molar-refractivity contribution >= 4 is 87.5 Å². The van der Waals surface area contributed by atoms with E-state index in [1.165, 1.54) is 43.6 Å². The van der Waals surface area contributed by atoms with Gasteiger partial charge in [-0.05, 0) is 60.7 Å². The first kappa shape index (κ1) is 24.1. The number of benzene rings is 7. The fourth-order valence-electron chi connectivity index (χ4n) is 7.78. The van der Waals surface area contributed by atoms with E-state index in [0.29, 0.717) is 0 Å². The van der Waals surface area contributed by atoms with Crippen LogP contribution in [0.15, 0.2) is 154 Å². The molecule has 214 valence electrons. The number of rotatable bonds is 2. The van der Waals surface area contributed by atoms with Crippen LogP contribution in [0.25, 0.3) is 98.9 Å². The molecule has 0 aliphatic heterocycles. The molecule has 4 heteroatoms. The summed E-state index contributed by atoms with van der Waals surface area (Å²) in [6.45, 7) is 0. The van der Waals surface area contributed by atoms with Gasteiger partial charge < -0.3 is 18.0 Å². The van der Waals surface area contributed by atoms with Crippen LogP contribution in [0.5, 0.6) is 0 Å². The molecule has 0 saturated heterocycles. The highest BCUT2D eigenvalue weighted by Crippen LogP contribution is 2.43. The van der Waals surface area contributed by atoms with E-state index < -0.39 is 0 Å². The van der Waals surface area contributed by atoms with Gasteiger partial charge in [-0.3, -0.25) is 0 Å². The van der Waals surface area contributed by atoms with Gasteiger partial charge in [-0.25, -0.2) is 0 Å². The summed E-state index contributed by atoms with van der Waals surface area (Å²) in [6.07, 6.45) is 0. The SMILES string of the molecule is c1ccc2c(c1)oc1cc(-n3c4ccccc4c4c5c6ccccc6n(-c6ccc7c(c6)oc6ccccc67)c5ccc43)ccc12. The van der Waals surface area contributed by atoms with Crippen molar-refractivity contribution in [2.24, 2.45) is 0 Å². The standard InChI is InChI=1S/C42H24N2O2/c1-5-13-33-31(11-1)41-35(43(33)25-17-19-29-27-9-3-7-15-37(27)45-39(29)23-25)21-22-36-42(41)32-12-2-6-14-34(32)44(36)26-18-20-30-28-10-4-8-16-38(28)46-40(30)24-26/h1-24H. The van der Waals surface area contributed by atoms with Crippen LogP contribution < -0.4 is 0 Å². The zero-order chi connectivity index (χ0) is 29.9. The average molecular weight is 589 g/mol. The molecule has 46 heavy (non-hydrogen) atoms. The molecule has 0 bridgehead atoms. The first-order valence-corrected chi connectivity index (χ1v) is 15.6. The summed E-state index contributed by atoms with van der Waals surface area (Å²) in [5.74, 6) is 0. The minimum Gasteiger partial charge on any atom is -0.456 e. The summed E-state index contributed by atoms with van der Waals surface area (Å²) in [5, 5.41) is 9.49. The van der Waals surface area contributed by atoms with E-state index in [1.807, 2.05) is 24.3 Å². The minimum atomic E-state index is 0.892. The van der Waals surface area contributed by atoms with Gasteiger partial charge in [0.25, 0.3) is 0 Å². The topological polar surface area (TPSA) is 36.1 Å². The lowest BCUT2D eigenvalue weighted by molar-refractivity contribution is 0.668. The molecular weight excluding hydrogens is 564 g/mol. The van der Waals surface area contributed by atoms with Crippen molar-refractivity contribution < 1.29 is 8.83 Å². The molecule has 11 aromatic rings. The van der Waals surface area contributed by atoms with Crippen LogP contribution in [0.4, 0.5) is 0 Å². The molecule has 0 radical (unpaired) electrons. The van der Waals surface area contributed by atoms with Gasteiger partial charge in [-0.1, -0.05) is 72.8 Å². The maximum absolute atomic E-state index is 6.32. The van der Waals surface area contributed by atoms with E-state index >= 15 is 0 Å². The molecule has 0 spiro atoms. The molecule has 4 nitrogen and oxygen atoms in total. The van der Waals surface area contributed by atoms with Crippen molar-refractivity contribution in [3.8, 4) is 11.4 Å². The van der Waals surface area contributed by atoms with Gasteiger partial charge in [0.2, 0.25) is 0 Å². The second-order valence-corrected chi connectivity index (χ2v) is 12.1. The fourth-order valence-corrected chi connectivity index (χ4v) is 7.78. The number of nitrogens with zero attached hydrogens (tertiary/aromatic N) is 2. The second kappa shape index (κ2) is 8.68. The first-order valence-electron chi connectivity index (χ1n) is 15.6. The molecule has 7 aromatic carbocycles. The van der Waals surface area contributed by atoms with Crippen LogP contribution in [-0.4, -0.2) is 9.13 Å². The Morgan fingerprint density at radius 2 is 0.696 bits per heavy atom. The Bertz CT molecular complexity index is 2830. The molecule has 0 aliphatic rings. The van der Waals surface area contributed by atoms with Crippen molar-refractivity contribution in [1.29, 1.82) is 0 Å². The molecule has 0 N–H and O–H groups in total. The summed E-state index contributed by atoms with van der Waals surface area (Å²) >= 11 is 0. The van der Waals surface area contributed by atoms with E-state index in [2.05, 4.69) is 130 Å². The molecule has 11 rings (SSSR count). The zero-order valence-corrected chi connectivity index (χ0v) is 24.6. The number of hydrogen-bond acceptors (Lipinski definition) is 2. The van der Waals surface area contributed by atoms with Crippen LogP contribution in [0.1, 0.15) is 0 Å². The molecule has 4 heterocycles. The summed E-state index contributed by atoms with van der Waals surface area (Å²) in [6, 6.07) is 51.7. The molecular formula is C42H24N2O2. The third-order valence-electron chi connectivity index (χ3n) is 9.71. The lowest BCUT2D eigenvalue weighted by atomic mass is 10.1. The Hall–Kier alpha value is -6.26. The van der Waals surface area contributed by atoms with E-state index in [0.717, 1.165) is 55.3 Å². The largest absolute Gasteiger partial charge is 0.456 e. The number of fused-ring (bicyclic) bond motifs is 13. The van der Waals surface area contributed by atoms with Gasteiger partial charge >= 0.3 is 0 Å². The Kier molecular flexibility index (Phi) is 4.55. The molecule has 0 saturated carbocycles. The van der Waals surface area contributed by atoms with Gasteiger partial charge in [0.15, 0.2) is 0 Å². The van der Waals surface area contributed by atoms with Crippen molar-refractivity contribution in [3.63, 3.8) is 0 Å². The molecule has 4 aromatic heterocycles. The number of furan rings is 2. The zero-order valence-electron chi connectivity index (χ0n) is 24.6. The van der Waals surface area contributed by atoms with E-state index in [-0.39, 0.29) is 0 Å². The van der Waals surface area contributed by atoms with E-state index in [4.69, 9.17) is 8.83 Å². The molecule has 0 amide bonds. The number of hydrogen-bond donors (Lipinski definition) is 0. The highest BCUT2D eigenvalue weighted by Gasteiger charge is 2.21. The third kappa shape index (κ3) is 3.07. The highest BCUT2D eigenvalue weighted by atomic mass is 16.3. The molecule has 0 atom stereocenters. The lowest BCUT2D eigenvalue weighted by Crippen LogP contribution is -1.94. The maximum Gasteiger partial charge on any atom is 0.137 e. The van der Waals surface area contributed by atoms with Crippen molar-refractivity contribution in [3.05, 3.63) is 146 Å². The molecule has 0 fully saturated rings. The van der Waals surface area contributed by atoms with E-state index in [1.54, 1.807) is 0 Å². The second-order valence-electron chi connectivity index (χ2n) is 12.1. The fraction of sp³-hybridized carbons (Fsp3) is 0. The highest BCUT2D eigenvalue weighted by molar-refractivity contribution is 6.29. The van der Waals surface area contributed by atoms with Crippen LogP contribution in [-0.2, 0) is 0 Å². The third-order valence-corrected chi connectivity index (χ3v) is 9.71. The molecule has 0 unspecified atom stereocenters. The first-order chi connectivity index (χ1) is 22.8. The van der Waals surface area contributed by atoms with Crippen molar-refractivity contribution in [2.75, 3.05) is 0 Å². The monoisotopic (exact) mass is 588 g/mol. The predicted octanol–water partition coefficient (Wildman–Crippen LogP) is 11.7. The van der Waals surface area contributed by atoms with Crippen molar-refractivity contribution in [2.45, 2.75) is 0 Å². The summed E-state index contributed by atoms with van der Waals surface area (Å²) in [7, 11) is 0. The predicted molar refractivity (Wildman–Crippen MR) is 190 cm³/mol. The number of para-hydroxylation sites is 4. The van der Waals surface area contributed by atoms with Crippen LogP contribution in [0.3, 0.4) is 0 Å². The van der Waals surface area contributed by atoms with E-state index in [9.17, 15) is 0 Å². The normalized spacial score (nSPS) is 12.3. The Balaban J connectivity index is 1.23. The van der Waals surface area contributed by atoms with Gasteiger partial charge in [-0.15, -0.1) is 0 Å². The van der Waals surface area contributed by atoms with Gasteiger partial charge in [0, 0.05) is 66.6 Å². The van der Waals surface area contributed by atoms with Crippen LogP contribution >= 0.6 is 0 Å². The van der Waals surface area contributed by atoms with Crippen LogP contribution in [0.2, 0.25) is 0 Å². The average Bonchev–Trinajstić information content (AvgIpc) is 3.84. The Morgan fingerprint density at radius 3 is 1.17 bits per heavy atom. The Labute approximate surface area is 261 Å². The van der Waals surface area contributed by atoms with Gasteiger partial charge in [0.1, 0.15) is 22.3 Å². The summed E-state index contributed by atoms with van der Waals surface area (Å²) in [5.41, 5.74) is 10.4. The maximum atomic E-state index is 6.32. The summed E-state index contributed by atoms with van der Waals surface area (Å²) < 4.78 is 17.4. The Morgan fingerprint density at radius 1 is 0.304 bits per heavy atom. The quantitative estimate of drug-likeness (QED) is 0.201. The van der Waals surface area contributed by atoms with Crippen LogP contribution in [0, 0.1) is 0 Å². The minimum absolute atomic E-state index is 0.892. The van der Waals surface area contributed by atoms with Gasteiger partial charge in [0.05, 0.1) is 22.1 Å². The van der Waals surface area contributed by atoms with Crippen molar-refractivity contribution in [1.82, 2.24) is 9.13 Å². The van der Waals surface area contributed by atoms with Gasteiger partial charge in [-0.2, -0.15) is 0 Å². The summed E-state index contributed by atoms with van der Waals surface area (Å²) in [4.78, 5) is 0. The number of aromatic nitrogens is 2.